The Morgan fingerprint density at radius 1 is 1.21 bits per heavy atom. The Labute approximate surface area is 143 Å². The van der Waals surface area contributed by atoms with Crippen LogP contribution in [0.25, 0.3) is 6.08 Å². The summed E-state index contributed by atoms with van der Waals surface area (Å²) >= 11 is 5.89. The lowest BCUT2D eigenvalue weighted by molar-refractivity contribution is -0.111. The highest BCUT2D eigenvalue weighted by atomic mass is 35.5. The lowest BCUT2D eigenvalue weighted by Gasteiger charge is -2.08. The third-order valence-electron chi connectivity index (χ3n) is 3.08. The minimum Gasteiger partial charge on any atom is -0.462 e. The van der Waals surface area contributed by atoms with Crippen molar-refractivity contribution in [2.75, 3.05) is 11.9 Å². The first-order chi connectivity index (χ1) is 11.5. The molecule has 0 unspecified atom stereocenters. The molecule has 0 aromatic heterocycles. The van der Waals surface area contributed by atoms with Crippen LogP contribution in [-0.2, 0) is 9.53 Å². The van der Waals surface area contributed by atoms with Crippen molar-refractivity contribution in [3.8, 4) is 0 Å². The van der Waals surface area contributed by atoms with Gasteiger partial charge >= 0.3 is 5.97 Å². The number of ether oxygens (including phenoxy) is 1. The van der Waals surface area contributed by atoms with E-state index in [9.17, 15) is 14.0 Å². The maximum atomic E-state index is 13.7. The molecule has 1 amide bonds. The minimum absolute atomic E-state index is 0.119. The lowest BCUT2D eigenvalue weighted by Crippen LogP contribution is -2.13. The minimum atomic E-state index is -0.533. The van der Waals surface area contributed by atoms with E-state index in [1.54, 1.807) is 31.2 Å². The number of hydrogen-bond donors (Lipinski definition) is 1. The molecule has 0 saturated heterocycles. The number of anilines is 1. The van der Waals surface area contributed by atoms with Gasteiger partial charge in [-0.25, -0.2) is 9.18 Å². The predicted molar refractivity (Wildman–Crippen MR) is 91.5 cm³/mol. The van der Waals surface area contributed by atoms with Crippen molar-refractivity contribution in [2.45, 2.75) is 6.92 Å². The van der Waals surface area contributed by atoms with Crippen LogP contribution in [-0.4, -0.2) is 18.5 Å². The normalized spacial score (nSPS) is 10.6. The van der Waals surface area contributed by atoms with Gasteiger partial charge in [0.15, 0.2) is 0 Å². The van der Waals surface area contributed by atoms with Gasteiger partial charge in [0.2, 0.25) is 5.91 Å². The number of amides is 1. The number of carbonyl (C=O) groups is 2. The highest BCUT2D eigenvalue weighted by Gasteiger charge is 2.13. The zero-order valence-corrected chi connectivity index (χ0v) is 13.6. The van der Waals surface area contributed by atoms with Crippen LogP contribution in [0.1, 0.15) is 22.8 Å². The van der Waals surface area contributed by atoms with E-state index in [2.05, 4.69) is 5.32 Å². The molecule has 0 aliphatic rings. The predicted octanol–water partition coefficient (Wildman–Crippen LogP) is 4.31. The highest BCUT2D eigenvalue weighted by Crippen LogP contribution is 2.21. The molecule has 1 N–H and O–H groups in total. The molecule has 124 valence electrons. The fraction of sp³-hybridized carbons (Fsp3) is 0.111. The Bertz CT molecular complexity index is 769. The van der Waals surface area contributed by atoms with E-state index in [0.29, 0.717) is 5.69 Å². The number of carbonyl (C=O) groups excluding carboxylic acids is 2. The maximum absolute atomic E-state index is 13.7. The monoisotopic (exact) mass is 347 g/mol. The first kappa shape index (κ1) is 17.7. The van der Waals surface area contributed by atoms with E-state index in [1.807, 2.05) is 0 Å². The summed E-state index contributed by atoms with van der Waals surface area (Å²) in [5.74, 6) is -1.58. The molecule has 24 heavy (non-hydrogen) atoms. The number of rotatable bonds is 5. The number of nitrogens with one attached hydrogen (secondary N) is 1. The molecular formula is C18H15ClFNO3. The second-order valence-corrected chi connectivity index (χ2v) is 5.13. The molecule has 0 aliphatic carbocycles. The molecule has 4 nitrogen and oxygen atoms in total. The van der Waals surface area contributed by atoms with Crippen molar-refractivity contribution in [1.82, 2.24) is 0 Å². The quantitative estimate of drug-likeness (QED) is 0.647. The first-order valence-electron chi connectivity index (χ1n) is 7.22. The Morgan fingerprint density at radius 2 is 1.96 bits per heavy atom. The summed E-state index contributed by atoms with van der Waals surface area (Å²) in [4.78, 5) is 23.9. The summed E-state index contributed by atoms with van der Waals surface area (Å²) in [6.45, 7) is 1.92. The first-order valence-corrected chi connectivity index (χ1v) is 7.60. The number of esters is 1. The van der Waals surface area contributed by atoms with Crippen molar-refractivity contribution >= 4 is 35.2 Å². The van der Waals surface area contributed by atoms with Crippen LogP contribution in [0.2, 0.25) is 5.02 Å². The van der Waals surface area contributed by atoms with Crippen molar-refractivity contribution in [1.29, 1.82) is 0 Å². The fourth-order valence-corrected chi connectivity index (χ4v) is 2.21. The largest absolute Gasteiger partial charge is 0.462 e. The molecular weight excluding hydrogens is 333 g/mol. The van der Waals surface area contributed by atoms with Gasteiger partial charge in [0.25, 0.3) is 0 Å². The average Bonchev–Trinajstić information content (AvgIpc) is 2.55. The molecule has 0 heterocycles. The van der Waals surface area contributed by atoms with Gasteiger partial charge in [-0.2, -0.15) is 0 Å². The summed E-state index contributed by atoms with van der Waals surface area (Å²) in [6.07, 6.45) is 2.42. The van der Waals surface area contributed by atoms with Crippen molar-refractivity contribution in [2.24, 2.45) is 0 Å². The summed E-state index contributed by atoms with van der Waals surface area (Å²) in [7, 11) is 0. The molecule has 2 aromatic carbocycles. The van der Waals surface area contributed by atoms with Crippen LogP contribution in [0.15, 0.2) is 48.5 Å². The van der Waals surface area contributed by atoms with Crippen LogP contribution in [0.3, 0.4) is 0 Å². The average molecular weight is 348 g/mol. The van der Waals surface area contributed by atoms with Crippen LogP contribution in [0.5, 0.6) is 0 Å². The molecule has 2 rings (SSSR count). The Morgan fingerprint density at radius 3 is 2.67 bits per heavy atom. The summed E-state index contributed by atoms with van der Waals surface area (Å²) < 4.78 is 18.6. The molecule has 0 fully saturated rings. The third kappa shape index (κ3) is 4.43. The highest BCUT2D eigenvalue weighted by molar-refractivity contribution is 6.32. The molecule has 0 saturated carbocycles. The van der Waals surface area contributed by atoms with Gasteiger partial charge < -0.3 is 10.1 Å². The summed E-state index contributed by atoms with van der Waals surface area (Å²) in [5.41, 5.74) is 0.670. The van der Waals surface area contributed by atoms with Crippen LogP contribution in [0.4, 0.5) is 10.1 Å². The van der Waals surface area contributed by atoms with E-state index in [1.165, 1.54) is 24.3 Å². The third-order valence-corrected chi connectivity index (χ3v) is 3.41. The van der Waals surface area contributed by atoms with E-state index >= 15 is 0 Å². The number of hydrogen-bond acceptors (Lipinski definition) is 3. The maximum Gasteiger partial charge on any atom is 0.340 e. The van der Waals surface area contributed by atoms with E-state index < -0.39 is 17.7 Å². The zero-order valence-electron chi connectivity index (χ0n) is 12.9. The van der Waals surface area contributed by atoms with E-state index in [-0.39, 0.29) is 22.8 Å². The number of halogens is 2. The SMILES string of the molecule is CCOC(=O)c1ccccc1NC(=O)/C=C/c1c(F)cccc1Cl. The molecule has 0 bridgehead atoms. The van der Waals surface area contributed by atoms with Crippen molar-refractivity contribution in [3.63, 3.8) is 0 Å². The van der Waals surface area contributed by atoms with Crippen LogP contribution < -0.4 is 5.32 Å². The lowest BCUT2D eigenvalue weighted by atomic mass is 10.1. The Kier molecular flexibility index (Phi) is 6.09. The topological polar surface area (TPSA) is 55.4 Å². The van der Waals surface area contributed by atoms with Crippen LogP contribution >= 0.6 is 11.6 Å². The Hall–Kier alpha value is -2.66. The van der Waals surface area contributed by atoms with Gasteiger partial charge in [0.1, 0.15) is 5.82 Å². The number of benzene rings is 2. The van der Waals surface area contributed by atoms with Crippen molar-refractivity contribution < 1.29 is 18.7 Å². The second kappa shape index (κ2) is 8.26. The van der Waals surface area contributed by atoms with Gasteiger partial charge in [-0.15, -0.1) is 0 Å². The van der Waals surface area contributed by atoms with Crippen LogP contribution in [0, 0.1) is 5.82 Å². The molecule has 2 aromatic rings. The van der Waals surface area contributed by atoms with Gasteiger partial charge in [0.05, 0.1) is 22.9 Å². The zero-order chi connectivity index (χ0) is 17.5. The van der Waals surface area contributed by atoms with Crippen molar-refractivity contribution in [3.05, 3.63) is 70.5 Å². The molecule has 6 heteroatoms. The number of para-hydroxylation sites is 1. The van der Waals surface area contributed by atoms with E-state index in [4.69, 9.17) is 16.3 Å². The fourth-order valence-electron chi connectivity index (χ4n) is 1.98. The smallest absolute Gasteiger partial charge is 0.340 e. The van der Waals surface area contributed by atoms with Gasteiger partial charge in [-0.1, -0.05) is 29.8 Å². The molecule has 0 aliphatic heterocycles. The van der Waals surface area contributed by atoms with Gasteiger partial charge in [-0.05, 0) is 37.3 Å². The van der Waals surface area contributed by atoms with E-state index in [0.717, 1.165) is 6.08 Å². The summed E-state index contributed by atoms with van der Waals surface area (Å²) in [6, 6.07) is 10.7. The second-order valence-electron chi connectivity index (χ2n) is 4.72. The van der Waals surface area contributed by atoms with Gasteiger partial charge in [-0.3, -0.25) is 4.79 Å². The molecule has 0 radical (unpaired) electrons. The molecule has 0 atom stereocenters. The Balaban J connectivity index is 2.16. The molecule has 0 spiro atoms. The van der Waals surface area contributed by atoms with Gasteiger partial charge in [0, 0.05) is 11.6 Å². The summed E-state index contributed by atoms with van der Waals surface area (Å²) in [5, 5.41) is 2.77. The standard InChI is InChI=1S/C18H15ClFNO3/c1-2-24-18(23)13-6-3-4-9-16(13)21-17(22)11-10-12-14(19)7-5-8-15(12)20/h3-11H,2H2,1H3,(H,21,22)/b11-10+.